The molecule has 13 heavy (non-hydrogen) atoms. The SMILES string of the molecule is C1=NCCO1.Nc1ccccn1.[Co]. The van der Waals surface area contributed by atoms with E-state index in [0.29, 0.717) is 5.82 Å². The van der Waals surface area contributed by atoms with Crippen molar-refractivity contribution in [1.29, 1.82) is 0 Å². The van der Waals surface area contributed by atoms with Crippen LogP contribution in [0.25, 0.3) is 0 Å². The number of nitrogens with zero attached hydrogens (tertiary/aromatic N) is 2. The van der Waals surface area contributed by atoms with Crippen LogP contribution in [0.1, 0.15) is 0 Å². The maximum Gasteiger partial charge on any atom is 0.169 e. The van der Waals surface area contributed by atoms with E-state index < -0.39 is 0 Å². The van der Waals surface area contributed by atoms with Crippen LogP contribution in [-0.4, -0.2) is 24.5 Å². The molecule has 0 amide bonds. The third-order valence-corrected chi connectivity index (χ3v) is 1.18. The minimum absolute atomic E-state index is 0. The van der Waals surface area contributed by atoms with E-state index in [1.165, 1.54) is 6.40 Å². The van der Waals surface area contributed by atoms with Crippen LogP contribution in [0, 0.1) is 0 Å². The zero-order valence-electron chi connectivity index (χ0n) is 7.01. The van der Waals surface area contributed by atoms with Crippen molar-refractivity contribution < 1.29 is 21.5 Å². The van der Waals surface area contributed by atoms with Crippen molar-refractivity contribution in [2.24, 2.45) is 4.99 Å². The van der Waals surface area contributed by atoms with Crippen molar-refractivity contribution in [3.63, 3.8) is 0 Å². The Bertz CT molecular complexity index is 234. The summed E-state index contributed by atoms with van der Waals surface area (Å²) in [6, 6.07) is 5.43. The summed E-state index contributed by atoms with van der Waals surface area (Å²) < 4.78 is 4.65. The molecule has 1 aliphatic rings. The van der Waals surface area contributed by atoms with Gasteiger partial charge in [-0.15, -0.1) is 0 Å². The monoisotopic (exact) mass is 224 g/mol. The molecule has 1 radical (unpaired) electrons. The van der Waals surface area contributed by atoms with Gasteiger partial charge in [-0.25, -0.2) is 4.98 Å². The molecule has 0 unspecified atom stereocenters. The fourth-order valence-electron chi connectivity index (χ4n) is 0.639. The van der Waals surface area contributed by atoms with Gasteiger partial charge in [-0.1, -0.05) is 6.07 Å². The molecule has 1 aliphatic heterocycles. The number of aliphatic imine (C=N–C) groups is 1. The largest absolute Gasteiger partial charge is 0.482 e. The van der Waals surface area contributed by atoms with Gasteiger partial charge in [0.25, 0.3) is 0 Å². The Hall–Kier alpha value is -1.07. The summed E-state index contributed by atoms with van der Waals surface area (Å²) in [4.78, 5) is 7.49. The predicted octanol–water partition coefficient (Wildman–Crippen LogP) is 0.706. The van der Waals surface area contributed by atoms with Crippen LogP contribution in [0.15, 0.2) is 29.4 Å². The van der Waals surface area contributed by atoms with E-state index in [1.807, 2.05) is 12.1 Å². The molecule has 0 atom stereocenters. The zero-order chi connectivity index (χ0) is 8.65. The normalized spacial score (nSPS) is 12.0. The number of pyridine rings is 1. The first-order valence-electron chi connectivity index (χ1n) is 3.66. The molecule has 0 aromatic carbocycles. The Morgan fingerprint density at radius 3 is 2.46 bits per heavy atom. The first-order chi connectivity index (χ1) is 5.89. The van der Waals surface area contributed by atoms with Crippen LogP contribution in [0.4, 0.5) is 5.82 Å². The fourth-order valence-corrected chi connectivity index (χ4v) is 0.639. The molecular formula is C8H11CoN3O. The van der Waals surface area contributed by atoms with Crippen molar-refractivity contribution in [2.45, 2.75) is 0 Å². The second-order valence-corrected chi connectivity index (χ2v) is 2.14. The number of hydrogen-bond acceptors (Lipinski definition) is 4. The number of nitrogens with two attached hydrogens (primary N) is 1. The molecule has 0 aliphatic carbocycles. The quantitative estimate of drug-likeness (QED) is 0.705. The van der Waals surface area contributed by atoms with Gasteiger partial charge in [0.2, 0.25) is 0 Å². The second kappa shape index (κ2) is 7.57. The van der Waals surface area contributed by atoms with E-state index in [9.17, 15) is 0 Å². The third kappa shape index (κ3) is 6.12. The number of hydrogen-bond donors (Lipinski definition) is 1. The van der Waals surface area contributed by atoms with Crippen LogP contribution in [0.3, 0.4) is 0 Å². The minimum Gasteiger partial charge on any atom is -0.482 e. The number of nitrogen functional groups attached to an aromatic ring is 1. The smallest absolute Gasteiger partial charge is 0.169 e. The summed E-state index contributed by atoms with van der Waals surface area (Å²) in [6.07, 6.45) is 3.15. The van der Waals surface area contributed by atoms with Crippen LogP contribution >= 0.6 is 0 Å². The molecule has 0 fully saturated rings. The summed E-state index contributed by atoms with van der Waals surface area (Å²) in [6.45, 7) is 1.62. The molecule has 73 valence electrons. The van der Waals surface area contributed by atoms with Gasteiger partial charge in [0.05, 0.1) is 6.54 Å². The van der Waals surface area contributed by atoms with Crippen molar-refractivity contribution in [3.05, 3.63) is 24.4 Å². The summed E-state index contributed by atoms with van der Waals surface area (Å²) in [5.74, 6) is 0.572. The number of anilines is 1. The van der Waals surface area contributed by atoms with Crippen molar-refractivity contribution in [3.8, 4) is 0 Å². The maximum absolute atomic E-state index is 5.25. The van der Waals surface area contributed by atoms with Crippen LogP contribution < -0.4 is 5.73 Å². The Kier molecular flexibility index (Phi) is 6.94. The summed E-state index contributed by atoms with van der Waals surface area (Å²) >= 11 is 0. The minimum atomic E-state index is 0. The molecule has 2 heterocycles. The van der Waals surface area contributed by atoms with E-state index in [2.05, 4.69) is 14.7 Å². The molecule has 0 saturated carbocycles. The Morgan fingerprint density at radius 1 is 1.38 bits per heavy atom. The Labute approximate surface area is 87.4 Å². The van der Waals surface area contributed by atoms with E-state index in [1.54, 1.807) is 12.3 Å². The van der Waals surface area contributed by atoms with Gasteiger partial charge in [0.1, 0.15) is 12.4 Å². The van der Waals surface area contributed by atoms with E-state index in [0.717, 1.165) is 13.2 Å². The molecule has 5 heteroatoms. The topological polar surface area (TPSA) is 60.5 Å². The van der Waals surface area contributed by atoms with Crippen LogP contribution in [-0.2, 0) is 21.5 Å². The van der Waals surface area contributed by atoms with Gasteiger partial charge in [-0.05, 0) is 12.1 Å². The van der Waals surface area contributed by atoms with Gasteiger partial charge in [0.15, 0.2) is 6.40 Å². The molecule has 0 saturated heterocycles. The average molecular weight is 224 g/mol. The standard InChI is InChI=1S/C5H6N2.C3H5NO.Co/c6-5-3-1-2-4-7-5;1-2-5-3-4-1;/h1-4H,(H2,6,7);3H,1-2H2;. The van der Waals surface area contributed by atoms with Gasteiger partial charge in [-0.3, -0.25) is 4.99 Å². The maximum atomic E-state index is 5.25. The van der Waals surface area contributed by atoms with Crippen LogP contribution in [0.2, 0.25) is 0 Å². The van der Waals surface area contributed by atoms with Gasteiger partial charge >= 0.3 is 0 Å². The summed E-state index contributed by atoms with van der Waals surface area (Å²) in [5, 5.41) is 0. The van der Waals surface area contributed by atoms with E-state index in [-0.39, 0.29) is 16.8 Å². The average Bonchev–Trinajstić information content (AvgIpc) is 2.62. The fraction of sp³-hybridized carbons (Fsp3) is 0.250. The number of ether oxygens (including phenoxy) is 1. The van der Waals surface area contributed by atoms with Gasteiger partial charge < -0.3 is 10.5 Å². The van der Waals surface area contributed by atoms with Crippen molar-refractivity contribution >= 4 is 12.2 Å². The summed E-state index contributed by atoms with van der Waals surface area (Å²) in [5.41, 5.74) is 5.25. The number of rotatable bonds is 0. The third-order valence-electron chi connectivity index (χ3n) is 1.18. The molecule has 2 rings (SSSR count). The number of aromatic nitrogens is 1. The van der Waals surface area contributed by atoms with Crippen molar-refractivity contribution in [2.75, 3.05) is 18.9 Å². The van der Waals surface area contributed by atoms with Crippen LogP contribution in [0.5, 0.6) is 0 Å². The molecule has 2 N–H and O–H groups in total. The first kappa shape index (κ1) is 11.9. The zero-order valence-corrected chi connectivity index (χ0v) is 8.06. The molecule has 1 aromatic rings. The molecule has 0 spiro atoms. The van der Waals surface area contributed by atoms with Gasteiger partial charge in [-0.2, -0.15) is 0 Å². The molecule has 1 aromatic heterocycles. The van der Waals surface area contributed by atoms with E-state index in [4.69, 9.17) is 5.73 Å². The first-order valence-corrected chi connectivity index (χ1v) is 3.66. The Morgan fingerprint density at radius 2 is 2.23 bits per heavy atom. The molecular weight excluding hydrogens is 213 g/mol. The van der Waals surface area contributed by atoms with E-state index >= 15 is 0 Å². The Balaban J connectivity index is 0.000000215. The van der Waals surface area contributed by atoms with Gasteiger partial charge in [0, 0.05) is 23.0 Å². The van der Waals surface area contributed by atoms with Crippen molar-refractivity contribution in [1.82, 2.24) is 4.98 Å². The molecule has 0 bridgehead atoms. The summed E-state index contributed by atoms with van der Waals surface area (Å²) in [7, 11) is 0. The predicted molar refractivity (Wildman–Crippen MR) is 48.0 cm³/mol. The molecule has 4 nitrogen and oxygen atoms in total. The second-order valence-electron chi connectivity index (χ2n) is 2.14.